The van der Waals surface area contributed by atoms with Crippen LogP contribution < -0.4 is 14.8 Å². The van der Waals surface area contributed by atoms with Gasteiger partial charge in [-0.05, 0) is 36.6 Å². The summed E-state index contributed by atoms with van der Waals surface area (Å²) in [6.07, 6.45) is 1.46. The molecule has 6 heteroatoms. The Kier molecular flexibility index (Phi) is 6.18. The number of hydrogen-bond acceptors (Lipinski definition) is 4. The largest absolute Gasteiger partial charge is 0.496 e. The van der Waals surface area contributed by atoms with Gasteiger partial charge in [-0.15, -0.1) is 0 Å². The lowest BCUT2D eigenvalue weighted by atomic mass is 9.88. The summed E-state index contributed by atoms with van der Waals surface area (Å²) in [5, 5.41) is 2.96. The Morgan fingerprint density at radius 1 is 1.27 bits per heavy atom. The van der Waals surface area contributed by atoms with E-state index in [4.69, 9.17) is 9.47 Å². The number of hydrogen-bond donors (Lipinski definition) is 1. The summed E-state index contributed by atoms with van der Waals surface area (Å²) < 4.78 is 24.1. The average Bonchev–Trinajstić information content (AvgIpc) is 2.59. The van der Waals surface area contributed by atoms with E-state index in [1.54, 1.807) is 18.2 Å². The van der Waals surface area contributed by atoms with Crippen LogP contribution in [0.2, 0.25) is 0 Å². The standard InChI is InChI=1S/C20H25FN2O3/c1-13(20(2,3)4)23-19(24)14-6-9-18(22-11-14)26-12-15-10-16(21)7-8-17(15)25-5/h6-11,13H,12H2,1-5H3,(H,23,24). The summed E-state index contributed by atoms with van der Waals surface area (Å²) in [4.78, 5) is 16.4. The van der Waals surface area contributed by atoms with E-state index in [1.165, 1.54) is 25.4 Å². The molecule has 26 heavy (non-hydrogen) atoms. The molecule has 1 aromatic heterocycles. The summed E-state index contributed by atoms with van der Waals surface area (Å²) in [5.41, 5.74) is 1.00. The maximum absolute atomic E-state index is 13.4. The van der Waals surface area contributed by atoms with Crippen molar-refractivity contribution in [3.05, 3.63) is 53.5 Å². The summed E-state index contributed by atoms with van der Waals surface area (Å²) in [6, 6.07) is 7.51. The molecule has 0 bridgehead atoms. The minimum absolute atomic E-state index is 0.0198. The maximum Gasteiger partial charge on any atom is 0.253 e. The number of benzene rings is 1. The van der Waals surface area contributed by atoms with Gasteiger partial charge in [0, 0.05) is 23.9 Å². The van der Waals surface area contributed by atoms with Crippen molar-refractivity contribution in [3.63, 3.8) is 0 Å². The quantitative estimate of drug-likeness (QED) is 0.847. The minimum Gasteiger partial charge on any atom is -0.496 e. The summed E-state index contributed by atoms with van der Waals surface area (Å²) in [7, 11) is 1.51. The predicted octanol–water partition coefficient (Wildman–Crippen LogP) is 3.97. The van der Waals surface area contributed by atoms with Crippen molar-refractivity contribution >= 4 is 5.91 Å². The smallest absolute Gasteiger partial charge is 0.253 e. The van der Waals surface area contributed by atoms with Gasteiger partial charge in [-0.3, -0.25) is 4.79 Å². The summed E-state index contributed by atoms with van der Waals surface area (Å²) in [6.45, 7) is 8.27. The molecule has 0 saturated carbocycles. The average molecular weight is 360 g/mol. The number of pyridine rings is 1. The number of ether oxygens (including phenoxy) is 2. The van der Waals surface area contributed by atoms with E-state index < -0.39 is 0 Å². The highest BCUT2D eigenvalue weighted by Gasteiger charge is 2.22. The van der Waals surface area contributed by atoms with E-state index in [0.717, 1.165) is 0 Å². The molecule has 0 fully saturated rings. The third kappa shape index (κ3) is 5.18. The number of carbonyl (C=O) groups is 1. The van der Waals surface area contributed by atoms with Gasteiger partial charge in [0.1, 0.15) is 18.2 Å². The molecule has 5 nitrogen and oxygen atoms in total. The molecular formula is C20H25FN2O3. The fraction of sp³-hybridized carbons (Fsp3) is 0.400. The molecule has 1 heterocycles. The molecule has 0 saturated heterocycles. The molecule has 0 aliphatic carbocycles. The van der Waals surface area contributed by atoms with Gasteiger partial charge in [0.2, 0.25) is 5.88 Å². The first-order valence-electron chi connectivity index (χ1n) is 8.43. The fourth-order valence-electron chi connectivity index (χ4n) is 2.11. The number of methoxy groups -OCH3 is 1. The van der Waals surface area contributed by atoms with Crippen LogP contribution in [0.25, 0.3) is 0 Å². The topological polar surface area (TPSA) is 60.5 Å². The Morgan fingerprint density at radius 3 is 2.58 bits per heavy atom. The van der Waals surface area contributed by atoms with E-state index in [2.05, 4.69) is 31.1 Å². The molecule has 1 amide bonds. The number of aromatic nitrogens is 1. The Balaban J connectivity index is 2.00. The normalized spacial score (nSPS) is 12.4. The molecule has 140 valence electrons. The number of halogens is 1. The third-order valence-electron chi connectivity index (χ3n) is 4.26. The Bertz CT molecular complexity index is 755. The maximum atomic E-state index is 13.4. The molecule has 2 rings (SSSR count). The van der Waals surface area contributed by atoms with Crippen molar-refractivity contribution in [2.45, 2.75) is 40.3 Å². The van der Waals surface area contributed by atoms with Crippen LogP contribution in [0.3, 0.4) is 0 Å². The van der Waals surface area contributed by atoms with Gasteiger partial charge in [-0.25, -0.2) is 9.37 Å². The molecule has 0 aliphatic rings. The van der Waals surface area contributed by atoms with Crippen molar-refractivity contribution in [3.8, 4) is 11.6 Å². The first-order valence-corrected chi connectivity index (χ1v) is 8.43. The summed E-state index contributed by atoms with van der Waals surface area (Å²) in [5.74, 6) is 0.339. The zero-order valence-corrected chi connectivity index (χ0v) is 15.8. The SMILES string of the molecule is COc1ccc(F)cc1COc1ccc(C(=O)NC(C)C(C)(C)C)cn1. The Morgan fingerprint density at radius 2 is 2.00 bits per heavy atom. The van der Waals surface area contributed by atoms with Gasteiger partial charge in [0.05, 0.1) is 12.7 Å². The van der Waals surface area contributed by atoms with Gasteiger partial charge in [0.15, 0.2) is 0 Å². The number of rotatable bonds is 6. The van der Waals surface area contributed by atoms with E-state index >= 15 is 0 Å². The van der Waals surface area contributed by atoms with Crippen LogP contribution in [0, 0.1) is 11.2 Å². The molecule has 2 aromatic rings. The van der Waals surface area contributed by atoms with E-state index in [-0.39, 0.29) is 29.8 Å². The van der Waals surface area contributed by atoms with E-state index in [9.17, 15) is 9.18 Å². The van der Waals surface area contributed by atoms with Crippen LogP contribution in [0.15, 0.2) is 36.5 Å². The molecule has 1 N–H and O–H groups in total. The van der Waals surface area contributed by atoms with Crippen molar-refractivity contribution in [1.29, 1.82) is 0 Å². The van der Waals surface area contributed by atoms with Crippen LogP contribution in [0.1, 0.15) is 43.6 Å². The first kappa shape index (κ1) is 19.7. The zero-order chi connectivity index (χ0) is 19.3. The molecule has 1 atom stereocenters. The zero-order valence-electron chi connectivity index (χ0n) is 15.8. The fourth-order valence-corrected chi connectivity index (χ4v) is 2.11. The van der Waals surface area contributed by atoms with Crippen LogP contribution in [-0.4, -0.2) is 24.0 Å². The predicted molar refractivity (Wildman–Crippen MR) is 97.9 cm³/mol. The molecule has 1 unspecified atom stereocenters. The Hall–Kier alpha value is -2.63. The van der Waals surface area contributed by atoms with Gasteiger partial charge >= 0.3 is 0 Å². The van der Waals surface area contributed by atoms with E-state index in [0.29, 0.717) is 22.8 Å². The van der Waals surface area contributed by atoms with Crippen LogP contribution in [0.5, 0.6) is 11.6 Å². The molecule has 0 radical (unpaired) electrons. The van der Waals surface area contributed by atoms with Crippen LogP contribution in [0.4, 0.5) is 4.39 Å². The van der Waals surface area contributed by atoms with Gasteiger partial charge in [-0.1, -0.05) is 20.8 Å². The second kappa shape index (κ2) is 8.17. The number of nitrogens with zero attached hydrogens (tertiary/aromatic N) is 1. The van der Waals surface area contributed by atoms with Crippen molar-refractivity contribution in [1.82, 2.24) is 10.3 Å². The lowest BCUT2D eigenvalue weighted by Gasteiger charge is -2.28. The second-order valence-corrected chi connectivity index (χ2v) is 7.19. The molecule has 1 aromatic carbocycles. The molecular weight excluding hydrogens is 335 g/mol. The van der Waals surface area contributed by atoms with Crippen LogP contribution in [-0.2, 0) is 6.61 Å². The monoisotopic (exact) mass is 360 g/mol. The first-order chi connectivity index (χ1) is 12.2. The number of nitrogens with one attached hydrogen (secondary N) is 1. The van der Waals surface area contributed by atoms with Crippen molar-refractivity contribution in [2.24, 2.45) is 5.41 Å². The van der Waals surface area contributed by atoms with E-state index in [1.807, 2.05) is 6.92 Å². The Labute approximate surface area is 153 Å². The van der Waals surface area contributed by atoms with Crippen LogP contribution >= 0.6 is 0 Å². The second-order valence-electron chi connectivity index (χ2n) is 7.19. The number of amides is 1. The van der Waals surface area contributed by atoms with Crippen molar-refractivity contribution < 1.29 is 18.7 Å². The third-order valence-corrected chi connectivity index (χ3v) is 4.26. The molecule has 0 aliphatic heterocycles. The molecule has 0 spiro atoms. The number of carbonyl (C=O) groups excluding carboxylic acids is 1. The van der Waals surface area contributed by atoms with Crippen molar-refractivity contribution in [2.75, 3.05) is 7.11 Å². The summed E-state index contributed by atoms with van der Waals surface area (Å²) >= 11 is 0. The lowest BCUT2D eigenvalue weighted by molar-refractivity contribution is 0.0909. The highest BCUT2D eigenvalue weighted by atomic mass is 19.1. The lowest BCUT2D eigenvalue weighted by Crippen LogP contribution is -2.41. The highest BCUT2D eigenvalue weighted by molar-refractivity contribution is 5.94. The van der Waals surface area contributed by atoms with Gasteiger partial charge in [0.25, 0.3) is 5.91 Å². The highest BCUT2D eigenvalue weighted by Crippen LogP contribution is 2.22. The van der Waals surface area contributed by atoms with Gasteiger partial charge < -0.3 is 14.8 Å². The van der Waals surface area contributed by atoms with Gasteiger partial charge in [-0.2, -0.15) is 0 Å². The minimum atomic E-state index is -0.364.